The minimum atomic E-state index is -0.337. The summed E-state index contributed by atoms with van der Waals surface area (Å²) in [6.45, 7) is 1.58. The van der Waals surface area contributed by atoms with Gasteiger partial charge in [-0.15, -0.1) is 0 Å². The predicted octanol–water partition coefficient (Wildman–Crippen LogP) is 3.04. The fourth-order valence-electron chi connectivity index (χ4n) is 2.48. The molecule has 0 saturated carbocycles. The Morgan fingerprint density at radius 2 is 1.81 bits per heavy atom. The number of amides is 1. The van der Waals surface area contributed by atoms with Crippen LogP contribution >= 0.6 is 0 Å². The molecule has 3 nitrogen and oxygen atoms in total. The average Bonchev–Trinajstić information content (AvgIpc) is 2.56. The molecule has 1 fully saturated rings. The third-order valence-corrected chi connectivity index (χ3v) is 3.62. The standard InChI is InChI=1S/C17H16FNO2/c18-15-8-6-14(7-9-15)17(20)19-10-11-21-16(12-19)13-4-2-1-3-5-13/h1-9,16H,10-12H2/t16-/m1/s1. The number of carbonyl (C=O) groups excluding carboxylic acids is 1. The van der Waals surface area contributed by atoms with Crippen molar-refractivity contribution < 1.29 is 13.9 Å². The molecule has 0 unspecified atom stereocenters. The lowest BCUT2D eigenvalue weighted by atomic mass is 10.1. The van der Waals surface area contributed by atoms with Gasteiger partial charge < -0.3 is 9.64 Å². The van der Waals surface area contributed by atoms with E-state index >= 15 is 0 Å². The lowest BCUT2D eigenvalue weighted by Gasteiger charge is -2.33. The van der Waals surface area contributed by atoms with Gasteiger partial charge in [-0.2, -0.15) is 0 Å². The molecule has 0 spiro atoms. The van der Waals surface area contributed by atoms with Crippen LogP contribution in [-0.4, -0.2) is 30.5 Å². The van der Waals surface area contributed by atoms with Crippen LogP contribution in [0.2, 0.25) is 0 Å². The molecule has 21 heavy (non-hydrogen) atoms. The number of morpholine rings is 1. The van der Waals surface area contributed by atoms with Crippen LogP contribution in [0.4, 0.5) is 4.39 Å². The first-order valence-corrected chi connectivity index (χ1v) is 6.95. The van der Waals surface area contributed by atoms with E-state index in [1.165, 1.54) is 24.3 Å². The van der Waals surface area contributed by atoms with Crippen molar-refractivity contribution in [2.75, 3.05) is 19.7 Å². The Kier molecular flexibility index (Phi) is 3.97. The monoisotopic (exact) mass is 285 g/mol. The van der Waals surface area contributed by atoms with Crippen molar-refractivity contribution in [3.05, 3.63) is 71.5 Å². The van der Waals surface area contributed by atoms with Gasteiger partial charge in [-0.1, -0.05) is 30.3 Å². The molecule has 0 N–H and O–H groups in total. The van der Waals surface area contributed by atoms with Crippen LogP contribution in [0.1, 0.15) is 22.0 Å². The summed E-state index contributed by atoms with van der Waals surface area (Å²) in [5.41, 5.74) is 1.57. The van der Waals surface area contributed by atoms with Crippen LogP contribution in [0.15, 0.2) is 54.6 Å². The van der Waals surface area contributed by atoms with Gasteiger partial charge in [0, 0.05) is 12.1 Å². The van der Waals surface area contributed by atoms with E-state index in [-0.39, 0.29) is 17.8 Å². The van der Waals surface area contributed by atoms with Crippen molar-refractivity contribution in [2.45, 2.75) is 6.10 Å². The smallest absolute Gasteiger partial charge is 0.254 e. The second-order valence-electron chi connectivity index (χ2n) is 5.03. The molecule has 4 heteroatoms. The Morgan fingerprint density at radius 3 is 2.52 bits per heavy atom. The summed E-state index contributed by atoms with van der Waals surface area (Å²) in [5.74, 6) is -0.421. The molecule has 0 aromatic heterocycles. The van der Waals surface area contributed by atoms with Crippen molar-refractivity contribution in [1.29, 1.82) is 0 Å². The molecule has 1 aliphatic rings. The highest BCUT2D eigenvalue weighted by molar-refractivity contribution is 5.94. The molecule has 1 heterocycles. The maximum Gasteiger partial charge on any atom is 0.254 e. The van der Waals surface area contributed by atoms with Crippen LogP contribution in [0, 0.1) is 5.82 Å². The van der Waals surface area contributed by atoms with Gasteiger partial charge in [-0.3, -0.25) is 4.79 Å². The Labute approximate surface area is 123 Å². The number of ether oxygens (including phenoxy) is 1. The molecule has 1 saturated heterocycles. The summed E-state index contributed by atoms with van der Waals surface area (Å²) < 4.78 is 18.7. The zero-order valence-corrected chi connectivity index (χ0v) is 11.5. The number of hydrogen-bond acceptors (Lipinski definition) is 2. The second-order valence-corrected chi connectivity index (χ2v) is 5.03. The summed E-state index contributed by atoms with van der Waals surface area (Å²) in [5, 5.41) is 0. The summed E-state index contributed by atoms with van der Waals surface area (Å²) >= 11 is 0. The lowest BCUT2D eigenvalue weighted by molar-refractivity contribution is -0.0228. The highest BCUT2D eigenvalue weighted by Gasteiger charge is 2.25. The van der Waals surface area contributed by atoms with E-state index < -0.39 is 0 Å². The number of nitrogens with zero attached hydrogens (tertiary/aromatic N) is 1. The van der Waals surface area contributed by atoms with E-state index in [0.29, 0.717) is 25.3 Å². The van der Waals surface area contributed by atoms with Gasteiger partial charge in [-0.25, -0.2) is 4.39 Å². The topological polar surface area (TPSA) is 29.5 Å². The van der Waals surface area contributed by atoms with Crippen LogP contribution in [0.25, 0.3) is 0 Å². The van der Waals surface area contributed by atoms with Crippen molar-refractivity contribution in [1.82, 2.24) is 4.90 Å². The first-order valence-electron chi connectivity index (χ1n) is 6.95. The molecule has 0 radical (unpaired) electrons. The molecular formula is C17H16FNO2. The van der Waals surface area contributed by atoms with Crippen molar-refractivity contribution in [3.63, 3.8) is 0 Å². The molecule has 1 aliphatic heterocycles. The predicted molar refractivity (Wildman–Crippen MR) is 77.4 cm³/mol. The van der Waals surface area contributed by atoms with Gasteiger partial charge in [0.05, 0.1) is 13.2 Å². The van der Waals surface area contributed by atoms with Gasteiger partial charge in [0.25, 0.3) is 5.91 Å². The Balaban J connectivity index is 1.74. The van der Waals surface area contributed by atoms with Crippen molar-refractivity contribution in [3.8, 4) is 0 Å². The van der Waals surface area contributed by atoms with E-state index in [1.54, 1.807) is 4.90 Å². The highest BCUT2D eigenvalue weighted by atomic mass is 19.1. The van der Waals surface area contributed by atoms with Gasteiger partial charge in [0.2, 0.25) is 0 Å². The average molecular weight is 285 g/mol. The normalized spacial score (nSPS) is 18.5. The molecule has 0 aliphatic carbocycles. The summed E-state index contributed by atoms with van der Waals surface area (Å²) in [4.78, 5) is 14.2. The SMILES string of the molecule is O=C(c1ccc(F)cc1)N1CCO[C@@H](c2ccccc2)C1. The summed E-state index contributed by atoms with van der Waals surface area (Å²) in [6, 6.07) is 15.5. The molecular weight excluding hydrogens is 269 g/mol. The molecule has 2 aromatic carbocycles. The van der Waals surface area contributed by atoms with Crippen LogP contribution in [0.5, 0.6) is 0 Å². The molecule has 2 aromatic rings. The van der Waals surface area contributed by atoms with Gasteiger partial charge in [-0.05, 0) is 29.8 Å². The van der Waals surface area contributed by atoms with E-state index in [4.69, 9.17) is 4.74 Å². The number of rotatable bonds is 2. The fourth-order valence-corrected chi connectivity index (χ4v) is 2.48. The lowest BCUT2D eigenvalue weighted by Crippen LogP contribution is -2.42. The van der Waals surface area contributed by atoms with Crippen LogP contribution in [0.3, 0.4) is 0 Å². The number of halogens is 1. The fraction of sp³-hybridized carbons (Fsp3) is 0.235. The second kappa shape index (κ2) is 6.06. The van der Waals surface area contributed by atoms with Crippen LogP contribution in [-0.2, 0) is 4.74 Å². The minimum absolute atomic E-state index is 0.0840. The largest absolute Gasteiger partial charge is 0.370 e. The third kappa shape index (κ3) is 3.11. The maximum absolute atomic E-state index is 12.9. The van der Waals surface area contributed by atoms with Crippen molar-refractivity contribution in [2.24, 2.45) is 0 Å². The zero-order chi connectivity index (χ0) is 14.7. The molecule has 0 bridgehead atoms. The maximum atomic E-state index is 12.9. The zero-order valence-electron chi connectivity index (χ0n) is 11.5. The number of carbonyl (C=O) groups is 1. The number of benzene rings is 2. The molecule has 1 amide bonds. The van der Waals surface area contributed by atoms with E-state index in [9.17, 15) is 9.18 Å². The summed E-state index contributed by atoms with van der Waals surface area (Å²) in [6.07, 6.45) is -0.107. The first-order chi connectivity index (χ1) is 10.2. The van der Waals surface area contributed by atoms with E-state index in [0.717, 1.165) is 5.56 Å². The summed E-state index contributed by atoms with van der Waals surface area (Å²) in [7, 11) is 0. The Morgan fingerprint density at radius 1 is 1.10 bits per heavy atom. The van der Waals surface area contributed by atoms with Crippen molar-refractivity contribution >= 4 is 5.91 Å². The first kappa shape index (κ1) is 13.8. The van der Waals surface area contributed by atoms with E-state index in [1.807, 2.05) is 30.3 Å². The Hall–Kier alpha value is -2.20. The molecule has 1 atom stereocenters. The quantitative estimate of drug-likeness (QED) is 0.849. The van der Waals surface area contributed by atoms with E-state index in [2.05, 4.69) is 0 Å². The Bertz CT molecular complexity index is 612. The molecule has 3 rings (SSSR count). The minimum Gasteiger partial charge on any atom is -0.370 e. The highest BCUT2D eigenvalue weighted by Crippen LogP contribution is 2.23. The van der Waals surface area contributed by atoms with Gasteiger partial charge in [0.1, 0.15) is 11.9 Å². The molecule has 108 valence electrons. The van der Waals surface area contributed by atoms with Crippen LogP contribution < -0.4 is 0 Å². The van der Waals surface area contributed by atoms with Gasteiger partial charge in [0.15, 0.2) is 0 Å². The van der Waals surface area contributed by atoms with Gasteiger partial charge >= 0.3 is 0 Å². The third-order valence-electron chi connectivity index (χ3n) is 3.62. The number of hydrogen-bond donors (Lipinski definition) is 0.